The lowest BCUT2D eigenvalue weighted by Gasteiger charge is -2.46. The first-order valence-corrected chi connectivity index (χ1v) is 11.5. The van der Waals surface area contributed by atoms with Gasteiger partial charge in [0.1, 0.15) is 5.70 Å². The second-order valence-corrected chi connectivity index (χ2v) is 10.4. The Morgan fingerprint density at radius 1 is 1.30 bits per heavy atom. The molecule has 3 saturated heterocycles. The summed E-state index contributed by atoms with van der Waals surface area (Å²) in [6, 6.07) is -0.199. The average molecular weight is 439 g/mol. The fourth-order valence-electron chi connectivity index (χ4n) is 5.52. The zero-order chi connectivity index (χ0) is 21.7. The largest absolute Gasteiger partial charge is 0.477 e. The number of carboxylic acid groups (broad SMARTS) is 1. The summed E-state index contributed by atoms with van der Waals surface area (Å²) in [5, 5.41) is 26.6. The van der Waals surface area contributed by atoms with Gasteiger partial charge >= 0.3 is 5.97 Å². The topological polar surface area (TPSA) is 145 Å². The van der Waals surface area contributed by atoms with Crippen LogP contribution in [0, 0.1) is 17.8 Å². The van der Waals surface area contributed by atoms with Crippen molar-refractivity contribution in [3.63, 3.8) is 0 Å². The second-order valence-electron chi connectivity index (χ2n) is 9.05. The number of hydrogen-bond donors (Lipinski definition) is 5. The van der Waals surface area contributed by atoms with Gasteiger partial charge in [-0.2, -0.15) is 0 Å². The standard InChI is InChI=1S/C20H30N4O5S/c1-8-15-14(9(2)25)19(27)24(15)16(20(28)29)17(8)30-12-5-11(22-7-12)3-10-4-13(18(21)26)23-6-10/h8-15,22-23,25H,3-7H2,1-2H3,(H2,21,26)(H,28,29)/t8-,9-,10?,11-,12+,13?,14-,15-/m1/s1. The van der Waals surface area contributed by atoms with Gasteiger partial charge in [0.25, 0.3) is 0 Å². The maximum Gasteiger partial charge on any atom is 0.353 e. The minimum atomic E-state index is -1.08. The molecule has 2 amide bonds. The molecule has 0 aromatic carbocycles. The van der Waals surface area contributed by atoms with Crippen molar-refractivity contribution in [1.82, 2.24) is 15.5 Å². The Bertz CT molecular complexity index is 787. The molecular formula is C20H30N4O5S. The van der Waals surface area contributed by atoms with E-state index in [9.17, 15) is 24.6 Å². The summed E-state index contributed by atoms with van der Waals surface area (Å²) >= 11 is 1.56. The Morgan fingerprint density at radius 3 is 2.63 bits per heavy atom. The molecule has 8 atom stereocenters. The average Bonchev–Trinajstić information content (AvgIpc) is 3.35. The Morgan fingerprint density at radius 2 is 2.03 bits per heavy atom. The number of aliphatic hydroxyl groups is 1. The van der Waals surface area contributed by atoms with E-state index in [-0.39, 0.29) is 40.8 Å². The monoisotopic (exact) mass is 438 g/mol. The predicted molar refractivity (Wildman–Crippen MR) is 111 cm³/mol. The van der Waals surface area contributed by atoms with E-state index in [1.165, 1.54) is 4.90 Å². The molecule has 4 aliphatic rings. The van der Waals surface area contributed by atoms with Gasteiger partial charge in [-0.05, 0) is 38.6 Å². The highest BCUT2D eigenvalue weighted by Gasteiger charge is 2.60. The van der Waals surface area contributed by atoms with Gasteiger partial charge in [-0.15, -0.1) is 11.8 Å². The molecule has 0 radical (unpaired) electrons. The lowest BCUT2D eigenvalue weighted by molar-refractivity contribution is -0.163. The molecule has 0 saturated carbocycles. The fourth-order valence-corrected chi connectivity index (χ4v) is 7.04. The minimum Gasteiger partial charge on any atom is -0.477 e. The van der Waals surface area contributed by atoms with Crippen molar-refractivity contribution in [2.24, 2.45) is 23.5 Å². The van der Waals surface area contributed by atoms with Crippen molar-refractivity contribution in [3.05, 3.63) is 10.6 Å². The Kier molecular flexibility index (Phi) is 5.86. The van der Waals surface area contributed by atoms with Crippen LogP contribution in [0.2, 0.25) is 0 Å². The number of nitrogens with two attached hydrogens (primary N) is 1. The molecule has 6 N–H and O–H groups in total. The Labute approximate surface area is 179 Å². The number of rotatable bonds is 7. The van der Waals surface area contributed by atoms with E-state index >= 15 is 0 Å². The first-order valence-electron chi connectivity index (χ1n) is 10.6. The Hall–Kier alpha value is -1.62. The molecule has 0 aromatic rings. The SMILES string of the molecule is C[C@@H](O)[C@H]1C(=O)N2C(C(=O)O)=C(S[C@@H]3CN[C@H](CC4CNC(C(N)=O)C4)C3)[C@H](C)[C@H]12. The third-order valence-corrected chi connectivity index (χ3v) is 8.48. The summed E-state index contributed by atoms with van der Waals surface area (Å²) in [5.41, 5.74) is 5.47. The lowest BCUT2D eigenvalue weighted by atomic mass is 9.79. The highest BCUT2D eigenvalue weighted by molar-refractivity contribution is 8.03. The quantitative estimate of drug-likeness (QED) is 0.333. The van der Waals surface area contributed by atoms with Crippen molar-refractivity contribution in [1.29, 1.82) is 0 Å². The summed E-state index contributed by atoms with van der Waals surface area (Å²) in [7, 11) is 0. The number of carboxylic acids is 1. The number of fused-ring (bicyclic) bond motifs is 1. The lowest BCUT2D eigenvalue weighted by Crippen LogP contribution is -2.63. The molecule has 0 aromatic heterocycles. The van der Waals surface area contributed by atoms with Gasteiger partial charge in [0.15, 0.2) is 0 Å². The highest BCUT2D eigenvalue weighted by Crippen LogP contribution is 2.51. The van der Waals surface area contributed by atoms with Crippen molar-refractivity contribution in [3.8, 4) is 0 Å². The maximum atomic E-state index is 12.5. The van der Waals surface area contributed by atoms with E-state index in [4.69, 9.17) is 5.73 Å². The van der Waals surface area contributed by atoms with E-state index < -0.39 is 18.0 Å². The predicted octanol–water partition coefficient (Wildman–Crippen LogP) is -0.543. The van der Waals surface area contributed by atoms with E-state index in [1.807, 2.05) is 6.92 Å². The van der Waals surface area contributed by atoms with Gasteiger partial charge in [-0.25, -0.2) is 4.79 Å². The number of thioether (sulfide) groups is 1. The van der Waals surface area contributed by atoms with Gasteiger partial charge < -0.3 is 31.5 Å². The normalized spacial score (nSPS) is 39.2. The van der Waals surface area contributed by atoms with Gasteiger partial charge in [0.2, 0.25) is 11.8 Å². The molecule has 0 bridgehead atoms. The van der Waals surface area contributed by atoms with Crippen LogP contribution in [0.4, 0.5) is 0 Å². The fraction of sp³-hybridized carbons (Fsp3) is 0.750. The van der Waals surface area contributed by atoms with Crippen LogP contribution in [0.25, 0.3) is 0 Å². The molecule has 4 heterocycles. The van der Waals surface area contributed by atoms with E-state index in [1.54, 1.807) is 18.7 Å². The maximum absolute atomic E-state index is 12.5. The molecule has 166 valence electrons. The van der Waals surface area contributed by atoms with Gasteiger partial charge in [0, 0.05) is 28.7 Å². The van der Waals surface area contributed by atoms with Crippen LogP contribution in [0.1, 0.15) is 33.1 Å². The van der Waals surface area contributed by atoms with Crippen molar-refractivity contribution >= 4 is 29.5 Å². The number of carbonyl (C=O) groups is 3. The molecule has 2 unspecified atom stereocenters. The van der Waals surface area contributed by atoms with Crippen LogP contribution in [-0.2, 0) is 14.4 Å². The molecular weight excluding hydrogens is 408 g/mol. The Balaban J connectivity index is 1.39. The molecule has 9 nitrogen and oxygen atoms in total. The highest BCUT2D eigenvalue weighted by atomic mass is 32.2. The summed E-state index contributed by atoms with van der Waals surface area (Å²) in [5.74, 6) is -1.92. The van der Waals surface area contributed by atoms with Crippen LogP contribution in [-0.4, -0.2) is 75.5 Å². The third kappa shape index (κ3) is 3.63. The molecule has 0 spiro atoms. The summed E-state index contributed by atoms with van der Waals surface area (Å²) < 4.78 is 0. The summed E-state index contributed by atoms with van der Waals surface area (Å²) in [6.45, 7) is 5.10. The number of nitrogens with one attached hydrogen (secondary N) is 2. The number of primary amides is 1. The zero-order valence-electron chi connectivity index (χ0n) is 17.2. The summed E-state index contributed by atoms with van der Waals surface area (Å²) in [6.07, 6.45) is 1.83. The van der Waals surface area contributed by atoms with Crippen LogP contribution >= 0.6 is 11.8 Å². The molecule has 30 heavy (non-hydrogen) atoms. The molecule has 4 rings (SSSR count). The van der Waals surface area contributed by atoms with Crippen LogP contribution in [0.3, 0.4) is 0 Å². The second kappa shape index (κ2) is 8.14. The number of carbonyl (C=O) groups excluding carboxylic acids is 2. The summed E-state index contributed by atoms with van der Waals surface area (Å²) in [4.78, 5) is 37.8. The van der Waals surface area contributed by atoms with E-state index in [2.05, 4.69) is 10.6 Å². The molecule has 4 aliphatic heterocycles. The number of hydrogen-bond acceptors (Lipinski definition) is 7. The first-order chi connectivity index (χ1) is 14.2. The minimum absolute atomic E-state index is 0.0899. The number of β-lactam (4-membered cyclic amide) rings is 1. The van der Waals surface area contributed by atoms with Gasteiger partial charge in [-0.1, -0.05) is 6.92 Å². The van der Waals surface area contributed by atoms with Gasteiger partial charge in [-0.3, -0.25) is 9.59 Å². The van der Waals surface area contributed by atoms with E-state index in [0.29, 0.717) is 12.0 Å². The first kappa shape index (κ1) is 21.6. The van der Waals surface area contributed by atoms with Crippen molar-refractivity contribution in [2.75, 3.05) is 13.1 Å². The number of aliphatic hydroxyl groups excluding tert-OH is 1. The number of nitrogens with zero attached hydrogens (tertiary/aromatic N) is 1. The number of aliphatic carboxylic acids is 1. The van der Waals surface area contributed by atoms with E-state index in [0.717, 1.165) is 37.3 Å². The smallest absolute Gasteiger partial charge is 0.353 e. The van der Waals surface area contributed by atoms with Crippen LogP contribution in [0.15, 0.2) is 10.6 Å². The molecule has 10 heteroatoms. The van der Waals surface area contributed by atoms with Crippen molar-refractivity contribution in [2.45, 2.75) is 62.6 Å². The zero-order valence-corrected chi connectivity index (χ0v) is 18.0. The van der Waals surface area contributed by atoms with Crippen LogP contribution < -0.4 is 16.4 Å². The van der Waals surface area contributed by atoms with Crippen LogP contribution in [0.5, 0.6) is 0 Å². The third-order valence-electron chi connectivity index (χ3n) is 6.97. The molecule has 0 aliphatic carbocycles. The number of amides is 2. The van der Waals surface area contributed by atoms with Gasteiger partial charge in [0.05, 0.1) is 24.1 Å². The molecule has 3 fully saturated rings. The van der Waals surface area contributed by atoms with Crippen molar-refractivity contribution < 1.29 is 24.6 Å².